The van der Waals surface area contributed by atoms with Crippen LogP contribution in [0, 0.1) is 11.6 Å². The molecule has 2 amide bonds. The molecule has 3 nitrogen and oxygen atoms in total. The normalized spacial score (nSPS) is 21.3. The van der Waals surface area contributed by atoms with Crippen molar-refractivity contribution in [3.05, 3.63) is 29.8 Å². The summed E-state index contributed by atoms with van der Waals surface area (Å²) >= 11 is 1.90. The monoisotopic (exact) mass is 314 g/mol. The Hall–Kier alpha value is -1.30. The molecule has 1 aromatic carbocycles. The van der Waals surface area contributed by atoms with E-state index in [0.29, 0.717) is 5.25 Å². The minimum Gasteiger partial charge on any atom is -0.325 e. The summed E-state index contributed by atoms with van der Waals surface area (Å²) in [5.41, 5.74) is -0.383. The quantitative estimate of drug-likeness (QED) is 0.907. The maximum atomic E-state index is 13.5. The second-order valence-corrected chi connectivity index (χ2v) is 6.76. The highest BCUT2D eigenvalue weighted by Gasteiger charge is 2.30. The average Bonchev–Trinajstić information content (AvgIpc) is 2.91. The maximum absolute atomic E-state index is 13.5. The number of carbonyl (C=O) groups is 1. The Bertz CT molecular complexity index is 492. The predicted octanol–water partition coefficient (Wildman–Crippen LogP) is 4.10. The van der Waals surface area contributed by atoms with Gasteiger partial charge in [0.15, 0.2) is 0 Å². The summed E-state index contributed by atoms with van der Waals surface area (Å²) in [7, 11) is 1.68. The van der Waals surface area contributed by atoms with Crippen LogP contribution in [0.25, 0.3) is 0 Å². The zero-order valence-electron chi connectivity index (χ0n) is 12.2. The summed E-state index contributed by atoms with van der Waals surface area (Å²) in [4.78, 5) is 13.7. The third-order valence-corrected chi connectivity index (χ3v) is 5.05. The fourth-order valence-corrected chi connectivity index (χ4v) is 3.77. The molecule has 1 aliphatic rings. The number of para-hydroxylation sites is 1. The third-order valence-electron chi connectivity index (χ3n) is 3.82. The van der Waals surface area contributed by atoms with Gasteiger partial charge < -0.3 is 10.2 Å². The van der Waals surface area contributed by atoms with Gasteiger partial charge in [-0.15, -0.1) is 0 Å². The van der Waals surface area contributed by atoms with Gasteiger partial charge in [0.1, 0.15) is 17.3 Å². The Morgan fingerprint density at radius 3 is 2.67 bits per heavy atom. The van der Waals surface area contributed by atoms with E-state index in [9.17, 15) is 13.6 Å². The number of thioether (sulfide) groups is 1. The van der Waals surface area contributed by atoms with Gasteiger partial charge in [0.2, 0.25) is 0 Å². The molecule has 1 aromatic rings. The Morgan fingerprint density at radius 1 is 1.38 bits per heavy atom. The van der Waals surface area contributed by atoms with E-state index < -0.39 is 17.7 Å². The van der Waals surface area contributed by atoms with E-state index in [1.54, 1.807) is 11.9 Å². The molecule has 1 aliphatic carbocycles. The highest BCUT2D eigenvalue weighted by Crippen LogP contribution is 2.32. The Kier molecular flexibility index (Phi) is 5.45. The molecule has 116 valence electrons. The van der Waals surface area contributed by atoms with Crippen molar-refractivity contribution in [2.24, 2.45) is 0 Å². The van der Waals surface area contributed by atoms with Crippen LogP contribution >= 0.6 is 11.8 Å². The van der Waals surface area contributed by atoms with Crippen LogP contribution in [0.3, 0.4) is 0 Å². The smallest absolute Gasteiger partial charge is 0.321 e. The number of hydrogen-bond acceptors (Lipinski definition) is 2. The highest BCUT2D eigenvalue weighted by atomic mass is 32.2. The van der Waals surface area contributed by atoms with E-state index in [4.69, 9.17) is 0 Å². The van der Waals surface area contributed by atoms with Crippen molar-refractivity contribution < 1.29 is 13.6 Å². The first-order chi connectivity index (χ1) is 10.0. The summed E-state index contributed by atoms with van der Waals surface area (Å²) < 4.78 is 27.1. The summed E-state index contributed by atoms with van der Waals surface area (Å²) in [6.07, 6.45) is 2.94. The summed E-state index contributed by atoms with van der Waals surface area (Å²) in [6.45, 7) is 2.12. The molecular formula is C15H20F2N2OS. The number of nitrogens with one attached hydrogen (secondary N) is 1. The summed E-state index contributed by atoms with van der Waals surface area (Å²) in [5, 5.41) is 2.90. The minimum atomic E-state index is -0.761. The molecule has 0 radical (unpaired) electrons. The van der Waals surface area contributed by atoms with Gasteiger partial charge in [-0.3, -0.25) is 0 Å². The van der Waals surface area contributed by atoms with Gasteiger partial charge in [-0.1, -0.05) is 13.0 Å². The van der Waals surface area contributed by atoms with Gasteiger partial charge in [-0.05, 0) is 37.1 Å². The van der Waals surface area contributed by atoms with Gasteiger partial charge in [-0.25, -0.2) is 13.6 Å². The van der Waals surface area contributed by atoms with Crippen LogP contribution < -0.4 is 5.32 Å². The molecule has 2 rings (SSSR count). The first kappa shape index (κ1) is 16.1. The lowest BCUT2D eigenvalue weighted by atomic mass is 10.2. The molecule has 6 heteroatoms. The Morgan fingerprint density at radius 2 is 2.05 bits per heavy atom. The molecule has 1 N–H and O–H groups in total. The molecular weight excluding hydrogens is 294 g/mol. The van der Waals surface area contributed by atoms with E-state index in [0.717, 1.165) is 37.1 Å². The summed E-state index contributed by atoms with van der Waals surface area (Å²) in [5.74, 6) is -0.460. The lowest BCUT2D eigenvalue weighted by Gasteiger charge is -2.25. The predicted molar refractivity (Wildman–Crippen MR) is 82.7 cm³/mol. The fraction of sp³-hybridized carbons (Fsp3) is 0.533. The third kappa shape index (κ3) is 3.87. The summed E-state index contributed by atoms with van der Waals surface area (Å²) in [6, 6.07) is 3.19. The van der Waals surface area contributed by atoms with Crippen LogP contribution in [0.2, 0.25) is 0 Å². The van der Waals surface area contributed by atoms with E-state index in [1.807, 2.05) is 11.8 Å². The van der Waals surface area contributed by atoms with E-state index in [-0.39, 0.29) is 11.7 Å². The number of hydrogen-bond donors (Lipinski definition) is 1. The van der Waals surface area contributed by atoms with E-state index in [1.165, 1.54) is 6.07 Å². The van der Waals surface area contributed by atoms with Gasteiger partial charge in [0.05, 0.1) is 0 Å². The lowest BCUT2D eigenvalue weighted by molar-refractivity contribution is 0.204. The number of anilines is 1. The zero-order chi connectivity index (χ0) is 15.4. The van der Waals surface area contributed by atoms with Crippen LogP contribution in [0.4, 0.5) is 19.3 Å². The van der Waals surface area contributed by atoms with Crippen molar-refractivity contribution in [3.8, 4) is 0 Å². The SMILES string of the molecule is CCS[C@@H]1CC[C@H](N(C)C(=O)Nc2c(F)cccc2F)C1. The molecule has 0 heterocycles. The molecule has 0 saturated heterocycles. The van der Waals surface area contributed by atoms with Crippen molar-refractivity contribution in [1.29, 1.82) is 0 Å². The molecule has 1 saturated carbocycles. The molecule has 0 unspecified atom stereocenters. The number of rotatable bonds is 4. The number of halogens is 2. The minimum absolute atomic E-state index is 0.129. The number of urea groups is 1. The Labute approximate surface area is 128 Å². The second-order valence-electron chi connectivity index (χ2n) is 5.18. The van der Waals surface area contributed by atoms with Crippen molar-refractivity contribution in [2.45, 2.75) is 37.5 Å². The number of amides is 2. The fourth-order valence-electron chi connectivity index (χ4n) is 2.63. The topological polar surface area (TPSA) is 32.3 Å². The van der Waals surface area contributed by atoms with Crippen molar-refractivity contribution in [2.75, 3.05) is 18.1 Å². The van der Waals surface area contributed by atoms with Crippen molar-refractivity contribution in [3.63, 3.8) is 0 Å². The zero-order valence-corrected chi connectivity index (χ0v) is 13.1. The second kappa shape index (κ2) is 7.11. The van der Waals surface area contributed by atoms with E-state index in [2.05, 4.69) is 12.2 Å². The van der Waals surface area contributed by atoms with Gasteiger partial charge >= 0.3 is 6.03 Å². The standard InChI is InChI=1S/C15H20F2N2OS/c1-3-21-11-8-7-10(9-11)19(2)15(20)18-14-12(16)5-4-6-13(14)17/h4-6,10-11H,3,7-9H2,1-2H3,(H,18,20)/t10-,11+/m0/s1. The molecule has 0 aromatic heterocycles. The molecule has 1 fully saturated rings. The van der Waals surface area contributed by atoms with Crippen LogP contribution in [0.1, 0.15) is 26.2 Å². The lowest BCUT2D eigenvalue weighted by Crippen LogP contribution is -2.39. The highest BCUT2D eigenvalue weighted by molar-refractivity contribution is 7.99. The number of benzene rings is 1. The van der Waals surface area contributed by atoms with Crippen LogP contribution in [-0.2, 0) is 0 Å². The number of nitrogens with zero attached hydrogens (tertiary/aromatic N) is 1. The van der Waals surface area contributed by atoms with Crippen LogP contribution in [0.15, 0.2) is 18.2 Å². The van der Waals surface area contributed by atoms with Gasteiger partial charge in [0, 0.05) is 18.3 Å². The van der Waals surface area contributed by atoms with Crippen LogP contribution in [-0.4, -0.2) is 35.0 Å². The molecule has 2 atom stereocenters. The first-order valence-corrected chi connectivity index (χ1v) is 8.17. The van der Waals surface area contributed by atoms with Crippen molar-refractivity contribution in [1.82, 2.24) is 4.90 Å². The first-order valence-electron chi connectivity index (χ1n) is 7.12. The van der Waals surface area contributed by atoms with Crippen molar-refractivity contribution >= 4 is 23.5 Å². The Balaban J connectivity index is 1.97. The largest absolute Gasteiger partial charge is 0.325 e. The van der Waals surface area contributed by atoms with Crippen LogP contribution in [0.5, 0.6) is 0 Å². The maximum Gasteiger partial charge on any atom is 0.321 e. The molecule has 0 spiro atoms. The molecule has 0 bridgehead atoms. The number of carbonyl (C=O) groups excluding carboxylic acids is 1. The average molecular weight is 314 g/mol. The molecule has 0 aliphatic heterocycles. The van der Waals surface area contributed by atoms with Gasteiger partial charge in [-0.2, -0.15) is 11.8 Å². The molecule has 21 heavy (non-hydrogen) atoms. The van der Waals surface area contributed by atoms with Gasteiger partial charge in [0.25, 0.3) is 0 Å². The van der Waals surface area contributed by atoms with E-state index >= 15 is 0 Å².